The van der Waals surface area contributed by atoms with Gasteiger partial charge < -0.3 is 19.7 Å². The number of Topliss-reactive ketones (excluding diaryl/α,β-unsaturated/α-hetero) is 1. The predicted octanol–water partition coefficient (Wildman–Crippen LogP) is 4.45. The molecule has 0 aliphatic carbocycles. The van der Waals surface area contributed by atoms with E-state index < -0.39 is 0 Å². The zero-order valence-corrected chi connectivity index (χ0v) is 17.5. The Bertz CT molecular complexity index is 886. The molecule has 6 heteroatoms. The van der Waals surface area contributed by atoms with Crippen molar-refractivity contribution in [2.75, 3.05) is 32.6 Å². The summed E-state index contributed by atoms with van der Waals surface area (Å²) in [4.78, 5) is 27.6. The Kier molecular flexibility index (Phi) is 6.42. The van der Waals surface area contributed by atoms with Crippen molar-refractivity contribution in [2.45, 2.75) is 26.7 Å². The number of benzene rings is 2. The van der Waals surface area contributed by atoms with Crippen molar-refractivity contribution >= 4 is 17.5 Å². The number of hydrogen-bond donors (Lipinski definition) is 1. The molecule has 0 radical (unpaired) electrons. The van der Waals surface area contributed by atoms with Crippen LogP contribution in [0.2, 0.25) is 0 Å². The molecular formula is C23H28N2O4. The highest BCUT2D eigenvalue weighted by molar-refractivity contribution is 5.99. The van der Waals surface area contributed by atoms with E-state index in [4.69, 9.17) is 9.47 Å². The van der Waals surface area contributed by atoms with Crippen LogP contribution in [-0.2, 0) is 0 Å². The Hall–Kier alpha value is -3.02. The number of urea groups is 1. The van der Waals surface area contributed by atoms with E-state index in [1.54, 1.807) is 31.3 Å². The summed E-state index contributed by atoms with van der Waals surface area (Å²) in [7, 11) is 3.20. The predicted molar refractivity (Wildman–Crippen MR) is 113 cm³/mol. The molecule has 6 nitrogen and oxygen atoms in total. The smallest absolute Gasteiger partial charge is 0.321 e. The molecule has 1 aliphatic rings. The Balaban J connectivity index is 1.71. The van der Waals surface area contributed by atoms with Crippen LogP contribution in [0.5, 0.6) is 11.5 Å². The van der Waals surface area contributed by atoms with Crippen LogP contribution in [0.15, 0.2) is 36.4 Å². The second kappa shape index (κ2) is 8.99. The van der Waals surface area contributed by atoms with Crippen LogP contribution in [-0.4, -0.2) is 44.0 Å². The van der Waals surface area contributed by atoms with Gasteiger partial charge in [-0.05, 0) is 62.1 Å². The fourth-order valence-electron chi connectivity index (χ4n) is 3.97. The average Bonchev–Trinajstić information content (AvgIpc) is 2.73. The van der Waals surface area contributed by atoms with Gasteiger partial charge in [-0.2, -0.15) is 0 Å². The maximum atomic E-state index is 13.1. The summed E-state index contributed by atoms with van der Waals surface area (Å²) in [5.41, 5.74) is 3.18. The number of aryl methyl sites for hydroxylation is 2. The number of rotatable bonds is 5. The first-order valence-electron chi connectivity index (χ1n) is 9.83. The first-order valence-corrected chi connectivity index (χ1v) is 9.83. The van der Waals surface area contributed by atoms with Crippen LogP contribution < -0.4 is 14.8 Å². The van der Waals surface area contributed by atoms with E-state index in [-0.39, 0.29) is 17.7 Å². The topological polar surface area (TPSA) is 67.9 Å². The van der Waals surface area contributed by atoms with Crippen LogP contribution in [0.25, 0.3) is 0 Å². The van der Waals surface area contributed by atoms with Crippen LogP contribution in [0.4, 0.5) is 10.5 Å². The number of carbonyl (C=O) groups is 2. The van der Waals surface area contributed by atoms with Gasteiger partial charge in [0, 0.05) is 24.6 Å². The molecule has 1 saturated heterocycles. The van der Waals surface area contributed by atoms with E-state index in [1.165, 1.54) is 0 Å². The van der Waals surface area contributed by atoms with Gasteiger partial charge in [-0.25, -0.2) is 4.79 Å². The molecule has 0 bridgehead atoms. The lowest BCUT2D eigenvalue weighted by atomic mass is 9.89. The van der Waals surface area contributed by atoms with Crippen LogP contribution >= 0.6 is 0 Å². The van der Waals surface area contributed by atoms with E-state index in [9.17, 15) is 9.59 Å². The fraction of sp³-hybridized carbons (Fsp3) is 0.391. The number of amides is 2. The molecule has 0 unspecified atom stereocenters. The number of para-hydroxylation sites is 2. The second-order valence-corrected chi connectivity index (χ2v) is 7.42. The number of nitrogens with one attached hydrogen (secondary N) is 1. The average molecular weight is 396 g/mol. The van der Waals surface area contributed by atoms with Crippen molar-refractivity contribution in [1.82, 2.24) is 4.90 Å². The van der Waals surface area contributed by atoms with Gasteiger partial charge in [0.25, 0.3) is 0 Å². The van der Waals surface area contributed by atoms with Crippen LogP contribution in [0, 0.1) is 19.8 Å². The summed E-state index contributed by atoms with van der Waals surface area (Å²) in [5, 5.41) is 2.90. The number of ether oxygens (including phenoxy) is 2. The molecule has 2 aromatic carbocycles. The Morgan fingerprint density at radius 1 is 1.07 bits per heavy atom. The summed E-state index contributed by atoms with van der Waals surface area (Å²) in [5.74, 6) is 1.28. The zero-order chi connectivity index (χ0) is 21.0. The van der Waals surface area contributed by atoms with E-state index in [2.05, 4.69) is 5.32 Å². The quantitative estimate of drug-likeness (QED) is 0.759. The van der Waals surface area contributed by atoms with Gasteiger partial charge in [0.05, 0.1) is 19.9 Å². The number of nitrogens with zero attached hydrogens (tertiary/aromatic N) is 1. The number of ketones is 1. The third-order valence-electron chi connectivity index (χ3n) is 5.38. The highest BCUT2D eigenvalue weighted by atomic mass is 16.5. The van der Waals surface area contributed by atoms with Crippen molar-refractivity contribution < 1.29 is 19.1 Å². The number of methoxy groups -OCH3 is 2. The van der Waals surface area contributed by atoms with Gasteiger partial charge in [-0.1, -0.05) is 12.1 Å². The molecule has 0 spiro atoms. The summed E-state index contributed by atoms with van der Waals surface area (Å²) in [6.45, 7) is 4.92. The van der Waals surface area contributed by atoms with Crippen molar-refractivity contribution in [1.29, 1.82) is 0 Å². The van der Waals surface area contributed by atoms with Crippen molar-refractivity contribution in [2.24, 2.45) is 5.92 Å². The number of carbonyl (C=O) groups excluding carboxylic acids is 2. The molecule has 1 N–H and O–H groups in total. The number of hydrogen-bond acceptors (Lipinski definition) is 4. The molecule has 3 rings (SSSR count). The SMILES string of the molecule is COc1ccccc1NC(=O)N1CCC[C@H](C(=O)c2cc(C)c(OC)c(C)c2)C1. The second-order valence-electron chi connectivity index (χ2n) is 7.42. The zero-order valence-electron chi connectivity index (χ0n) is 17.5. The van der Waals surface area contributed by atoms with Gasteiger partial charge in [-0.15, -0.1) is 0 Å². The Labute approximate surface area is 171 Å². The molecule has 2 amide bonds. The molecule has 1 aliphatic heterocycles. The van der Waals surface area contributed by atoms with Gasteiger partial charge in [0.2, 0.25) is 0 Å². The van der Waals surface area contributed by atoms with Crippen LogP contribution in [0.1, 0.15) is 34.3 Å². The molecule has 29 heavy (non-hydrogen) atoms. The minimum absolute atomic E-state index is 0.0774. The van der Waals surface area contributed by atoms with Crippen LogP contribution in [0.3, 0.4) is 0 Å². The summed E-state index contributed by atoms with van der Waals surface area (Å²) in [6.07, 6.45) is 1.57. The summed E-state index contributed by atoms with van der Waals surface area (Å²) >= 11 is 0. The molecule has 2 aromatic rings. The van der Waals surface area contributed by atoms with Crippen molar-refractivity contribution in [3.05, 3.63) is 53.1 Å². The number of anilines is 1. The largest absolute Gasteiger partial charge is 0.496 e. The molecule has 0 aromatic heterocycles. The molecule has 1 atom stereocenters. The Morgan fingerprint density at radius 3 is 2.41 bits per heavy atom. The third kappa shape index (κ3) is 4.53. The van der Waals surface area contributed by atoms with E-state index >= 15 is 0 Å². The van der Waals surface area contributed by atoms with E-state index in [1.807, 2.05) is 38.1 Å². The molecular weight excluding hydrogens is 368 g/mol. The van der Waals surface area contributed by atoms with Gasteiger partial charge in [0.15, 0.2) is 5.78 Å². The van der Waals surface area contributed by atoms with Crippen molar-refractivity contribution in [3.63, 3.8) is 0 Å². The minimum Gasteiger partial charge on any atom is -0.496 e. The highest BCUT2D eigenvalue weighted by Gasteiger charge is 2.30. The standard InChI is InChI=1S/C23H28N2O4/c1-15-12-18(13-16(2)22(15)29-4)21(26)17-8-7-11-25(14-17)23(27)24-19-9-5-6-10-20(19)28-3/h5-6,9-10,12-13,17H,7-8,11,14H2,1-4H3,(H,24,27)/t17-/m0/s1. The normalized spacial score (nSPS) is 16.3. The fourth-order valence-corrected chi connectivity index (χ4v) is 3.97. The van der Waals surface area contributed by atoms with Gasteiger partial charge >= 0.3 is 6.03 Å². The Morgan fingerprint density at radius 2 is 1.76 bits per heavy atom. The number of piperidine rings is 1. The highest BCUT2D eigenvalue weighted by Crippen LogP contribution is 2.28. The monoisotopic (exact) mass is 396 g/mol. The van der Waals surface area contributed by atoms with Gasteiger partial charge in [-0.3, -0.25) is 4.79 Å². The third-order valence-corrected chi connectivity index (χ3v) is 5.38. The first kappa shape index (κ1) is 20.7. The minimum atomic E-state index is -0.214. The molecule has 1 heterocycles. The van der Waals surface area contributed by atoms with Crippen molar-refractivity contribution in [3.8, 4) is 11.5 Å². The number of likely N-dealkylation sites (tertiary alicyclic amines) is 1. The van der Waals surface area contributed by atoms with E-state index in [0.29, 0.717) is 30.1 Å². The summed E-state index contributed by atoms with van der Waals surface area (Å²) in [6, 6.07) is 10.8. The summed E-state index contributed by atoms with van der Waals surface area (Å²) < 4.78 is 10.7. The first-order chi connectivity index (χ1) is 13.9. The molecule has 1 fully saturated rings. The van der Waals surface area contributed by atoms with Gasteiger partial charge in [0.1, 0.15) is 11.5 Å². The lowest BCUT2D eigenvalue weighted by molar-refractivity contribution is 0.0851. The molecule has 154 valence electrons. The maximum Gasteiger partial charge on any atom is 0.321 e. The molecule has 0 saturated carbocycles. The van der Waals surface area contributed by atoms with E-state index in [0.717, 1.165) is 29.7 Å². The lowest BCUT2D eigenvalue weighted by Crippen LogP contribution is -2.44. The lowest BCUT2D eigenvalue weighted by Gasteiger charge is -2.32. The maximum absolute atomic E-state index is 13.1.